The molecular formula is C24H23N5O3S. The van der Waals surface area contributed by atoms with Crippen molar-refractivity contribution in [1.29, 1.82) is 0 Å². The standard InChI is InChI=1S/C24H23N5O3S/c1-28-22-18(26-21(30)14-32-2)10-17(11-19(22)27-23(28)15-4-3-7-25-12-15)24(31)29-8-5-20-16(13-29)6-9-33-20/h3-4,6-7,9-12H,5,8,13-14H2,1-2H3,(H,26,30). The van der Waals surface area contributed by atoms with Crippen molar-refractivity contribution < 1.29 is 14.3 Å². The van der Waals surface area contributed by atoms with Crippen LogP contribution in [0.1, 0.15) is 20.8 Å². The van der Waals surface area contributed by atoms with Gasteiger partial charge in [0.1, 0.15) is 12.4 Å². The van der Waals surface area contributed by atoms with Gasteiger partial charge in [-0.1, -0.05) is 0 Å². The quantitative estimate of drug-likeness (QED) is 0.492. The van der Waals surface area contributed by atoms with Crippen molar-refractivity contribution in [3.05, 3.63) is 64.1 Å². The van der Waals surface area contributed by atoms with Gasteiger partial charge in [0.05, 0.1) is 16.7 Å². The zero-order valence-corrected chi connectivity index (χ0v) is 19.2. The zero-order valence-electron chi connectivity index (χ0n) is 18.4. The molecule has 5 rings (SSSR count). The number of aromatic nitrogens is 3. The fraction of sp³-hybridized carbons (Fsp3) is 0.250. The Kier molecular flexibility index (Phi) is 5.65. The lowest BCUT2D eigenvalue weighted by atomic mass is 10.1. The number of amides is 2. The van der Waals surface area contributed by atoms with Gasteiger partial charge in [-0.25, -0.2) is 4.98 Å². The van der Waals surface area contributed by atoms with Crippen LogP contribution in [0.3, 0.4) is 0 Å². The van der Waals surface area contributed by atoms with E-state index in [0.717, 1.165) is 17.5 Å². The molecule has 33 heavy (non-hydrogen) atoms. The van der Waals surface area contributed by atoms with Crippen molar-refractivity contribution in [2.24, 2.45) is 7.05 Å². The minimum atomic E-state index is -0.298. The number of nitrogens with zero attached hydrogens (tertiary/aromatic N) is 4. The Balaban J connectivity index is 1.58. The molecule has 2 amide bonds. The van der Waals surface area contributed by atoms with Gasteiger partial charge >= 0.3 is 0 Å². The summed E-state index contributed by atoms with van der Waals surface area (Å²) in [6.45, 7) is 1.17. The summed E-state index contributed by atoms with van der Waals surface area (Å²) >= 11 is 1.74. The molecule has 0 saturated carbocycles. The summed E-state index contributed by atoms with van der Waals surface area (Å²) in [5, 5.41) is 4.96. The molecule has 168 valence electrons. The summed E-state index contributed by atoms with van der Waals surface area (Å²) in [4.78, 5) is 38.0. The van der Waals surface area contributed by atoms with Crippen molar-refractivity contribution in [3.8, 4) is 11.4 Å². The highest BCUT2D eigenvalue weighted by Gasteiger charge is 2.25. The first kappa shape index (κ1) is 21.3. The van der Waals surface area contributed by atoms with Crippen molar-refractivity contribution in [3.63, 3.8) is 0 Å². The highest BCUT2D eigenvalue weighted by atomic mass is 32.1. The Morgan fingerprint density at radius 1 is 1.27 bits per heavy atom. The zero-order chi connectivity index (χ0) is 22.9. The van der Waals surface area contributed by atoms with Crippen molar-refractivity contribution >= 4 is 39.9 Å². The number of hydrogen-bond acceptors (Lipinski definition) is 6. The van der Waals surface area contributed by atoms with E-state index in [1.807, 2.05) is 28.6 Å². The molecule has 8 nitrogen and oxygen atoms in total. The fourth-order valence-corrected chi connectivity index (χ4v) is 5.14. The number of carbonyl (C=O) groups excluding carboxylic acids is 2. The maximum Gasteiger partial charge on any atom is 0.254 e. The molecule has 0 bridgehead atoms. The fourth-order valence-electron chi connectivity index (χ4n) is 4.25. The normalized spacial score (nSPS) is 13.2. The van der Waals surface area contributed by atoms with E-state index in [-0.39, 0.29) is 18.4 Å². The molecule has 1 N–H and O–H groups in total. The van der Waals surface area contributed by atoms with Crippen molar-refractivity contribution in [2.45, 2.75) is 13.0 Å². The molecule has 0 radical (unpaired) electrons. The Morgan fingerprint density at radius 3 is 2.94 bits per heavy atom. The Bertz CT molecular complexity index is 1350. The lowest BCUT2D eigenvalue weighted by molar-refractivity contribution is -0.119. The van der Waals surface area contributed by atoms with Crippen molar-refractivity contribution in [2.75, 3.05) is 25.6 Å². The van der Waals surface area contributed by atoms with E-state index in [1.54, 1.807) is 35.9 Å². The maximum atomic E-state index is 13.4. The highest BCUT2D eigenvalue weighted by molar-refractivity contribution is 7.10. The molecule has 0 aliphatic carbocycles. The van der Waals surface area contributed by atoms with E-state index in [9.17, 15) is 9.59 Å². The van der Waals surface area contributed by atoms with Gasteiger partial charge < -0.3 is 19.5 Å². The van der Waals surface area contributed by atoms with Crippen LogP contribution in [0.25, 0.3) is 22.4 Å². The molecule has 1 aliphatic heterocycles. The van der Waals surface area contributed by atoms with Gasteiger partial charge in [-0.2, -0.15) is 0 Å². The highest BCUT2D eigenvalue weighted by Crippen LogP contribution is 2.31. The van der Waals surface area contributed by atoms with Crippen LogP contribution in [-0.4, -0.2) is 51.5 Å². The average molecular weight is 462 g/mol. The smallest absolute Gasteiger partial charge is 0.254 e. The number of aryl methyl sites for hydroxylation is 1. The van der Waals surface area contributed by atoms with Crippen LogP contribution >= 0.6 is 11.3 Å². The van der Waals surface area contributed by atoms with Gasteiger partial charge in [0.15, 0.2) is 0 Å². The van der Waals surface area contributed by atoms with Crippen molar-refractivity contribution in [1.82, 2.24) is 19.4 Å². The summed E-state index contributed by atoms with van der Waals surface area (Å²) in [6, 6.07) is 9.39. The number of ether oxygens (including phenoxy) is 1. The van der Waals surface area contributed by atoms with E-state index >= 15 is 0 Å². The molecule has 0 unspecified atom stereocenters. The summed E-state index contributed by atoms with van der Waals surface area (Å²) in [5.41, 5.74) is 4.42. The SMILES string of the molecule is COCC(=O)Nc1cc(C(=O)N2CCc3sccc3C2)cc2nc(-c3cccnc3)n(C)c12. The minimum Gasteiger partial charge on any atom is -0.375 e. The monoisotopic (exact) mass is 461 g/mol. The lowest BCUT2D eigenvalue weighted by Gasteiger charge is -2.27. The number of carbonyl (C=O) groups is 2. The van der Waals surface area contributed by atoms with E-state index in [0.29, 0.717) is 35.7 Å². The largest absolute Gasteiger partial charge is 0.375 e. The Labute approximate surface area is 194 Å². The molecule has 3 aromatic heterocycles. The second-order valence-corrected chi connectivity index (χ2v) is 8.96. The number of benzene rings is 1. The number of anilines is 1. The van der Waals surface area contributed by atoms with Gasteiger partial charge in [-0.3, -0.25) is 14.6 Å². The molecule has 9 heteroatoms. The van der Waals surface area contributed by atoms with Gasteiger partial charge in [0.25, 0.3) is 5.91 Å². The molecule has 4 aromatic rings. The van der Waals surface area contributed by atoms with Gasteiger partial charge in [0, 0.05) is 55.6 Å². The minimum absolute atomic E-state index is 0.0791. The third-order valence-corrected chi connectivity index (χ3v) is 6.80. The lowest BCUT2D eigenvalue weighted by Crippen LogP contribution is -2.35. The first-order chi connectivity index (χ1) is 16.0. The van der Waals surface area contributed by atoms with E-state index in [2.05, 4.69) is 21.7 Å². The van der Waals surface area contributed by atoms with Gasteiger partial charge in [0.2, 0.25) is 5.91 Å². The van der Waals surface area contributed by atoms with E-state index in [4.69, 9.17) is 9.72 Å². The third-order valence-electron chi connectivity index (χ3n) is 5.78. The second-order valence-electron chi connectivity index (χ2n) is 7.95. The predicted octanol–water partition coefficient (Wildman–Crippen LogP) is 3.48. The first-order valence-electron chi connectivity index (χ1n) is 10.6. The predicted molar refractivity (Wildman–Crippen MR) is 127 cm³/mol. The van der Waals surface area contributed by atoms with Crippen LogP contribution in [0, 0.1) is 0 Å². The Morgan fingerprint density at radius 2 is 2.15 bits per heavy atom. The average Bonchev–Trinajstić information content (AvgIpc) is 3.43. The molecule has 4 heterocycles. The first-order valence-corrected chi connectivity index (χ1v) is 11.5. The summed E-state index contributed by atoms with van der Waals surface area (Å²) < 4.78 is 6.88. The maximum absolute atomic E-state index is 13.4. The van der Waals surface area contributed by atoms with E-state index < -0.39 is 0 Å². The molecular weight excluding hydrogens is 438 g/mol. The molecule has 1 aliphatic rings. The van der Waals surface area contributed by atoms with E-state index in [1.165, 1.54) is 17.6 Å². The summed E-state index contributed by atoms with van der Waals surface area (Å²) in [6.07, 6.45) is 4.30. The van der Waals surface area contributed by atoms with Crippen LogP contribution in [0.4, 0.5) is 5.69 Å². The Hall–Kier alpha value is -3.56. The molecule has 0 fully saturated rings. The van der Waals surface area contributed by atoms with Gasteiger partial charge in [-0.05, 0) is 47.7 Å². The molecule has 0 atom stereocenters. The number of hydrogen-bond donors (Lipinski definition) is 1. The number of fused-ring (bicyclic) bond motifs is 2. The third kappa shape index (κ3) is 4.01. The van der Waals surface area contributed by atoms with Crippen LogP contribution in [0.5, 0.6) is 0 Å². The number of methoxy groups -OCH3 is 1. The number of pyridine rings is 1. The topological polar surface area (TPSA) is 89.3 Å². The summed E-state index contributed by atoms with van der Waals surface area (Å²) in [5.74, 6) is 0.323. The number of thiophene rings is 1. The number of rotatable bonds is 5. The number of imidazole rings is 1. The van der Waals surface area contributed by atoms with Crippen LogP contribution in [-0.2, 0) is 29.5 Å². The summed E-state index contributed by atoms with van der Waals surface area (Å²) in [7, 11) is 3.35. The molecule has 0 spiro atoms. The number of nitrogens with one attached hydrogen (secondary N) is 1. The van der Waals surface area contributed by atoms with Crippen LogP contribution in [0.15, 0.2) is 48.1 Å². The van der Waals surface area contributed by atoms with Crippen LogP contribution < -0.4 is 5.32 Å². The molecule has 1 aromatic carbocycles. The second kappa shape index (κ2) is 8.76. The van der Waals surface area contributed by atoms with Gasteiger partial charge in [-0.15, -0.1) is 11.3 Å². The van der Waals surface area contributed by atoms with Crippen LogP contribution in [0.2, 0.25) is 0 Å². The molecule has 0 saturated heterocycles.